The fourth-order valence-corrected chi connectivity index (χ4v) is 8.85. The van der Waals surface area contributed by atoms with Gasteiger partial charge in [0, 0.05) is 47.3 Å². The first-order chi connectivity index (χ1) is 22.0. The summed E-state index contributed by atoms with van der Waals surface area (Å²) in [5.74, 6) is 0. The minimum absolute atomic E-state index is 0.632. The number of anilines is 6. The van der Waals surface area contributed by atoms with Crippen molar-refractivity contribution in [3.05, 3.63) is 137 Å². The highest BCUT2D eigenvalue weighted by molar-refractivity contribution is 6.80. The normalized spacial score (nSPS) is 11.5. The molecule has 46 heavy (non-hydrogen) atoms. The van der Waals surface area contributed by atoms with Crippen LogP contribution in [0.25, 0.3) is 0 Å². The van der Waals surface area contributed by atoms with Gasteiger partial charge in [0.2, 0.25) is 0 Å². The van der Waals surface area contributed by atoms with E-state index in [1.165, 1.54) is 33.4 Å². The highest BCUT2D eigenvalue weighted by Gasteiger charge is 2.33. The molecule has 0 atom stereocenters. The molecule has 0 fully saturated rings. The summed E-state index contributed by atoms with van der Waals surface area (Å²) in [6.45, 7) is 20.4. The van der Waals surface area contributed by atoms with Gasteiger partial charge in [0.15, 0.2) is 0 Å². The predicted octanol–water partition coefficient (Wildman–Crippen LogP) is 10.8. The van der Waals surface area contributed by atoms with Crippen LogP contribution in [0, 0.1) is 41.5 Å². The molecule has 5 aromatic carbocycles. The summed E-state index contributed by atoms with van der Waals surface area (Å²) in [5, 5.41) is 1.13. The zero-order valence-electron chi connectivity index (χ0n) is 28.9. The van der Waals surface area contributed by atoms with E-state index in [9.17, 15) is 0 Å². The van der Waals surface area contributed by atoms with E-state index in [0.717, 1.165) is 39.3 Å². The van der Waals surface area contributed by atoms with Gasteiger partial charge >= 0.3 is 8.56 Å². The summed E-state index contributed by atoms with van der Waals surface area (Å²) in [4.78, 5) is 4.71. The van der Waals surface area contributed by atoms with Crippen molar-refractivity contribution >= 4 is 47.9 Å². The lowest BCUT2D eigenvalue weighted by Crippen LogP contribution is -2.51. The van der Waals surface area contributed by atoms with E-state index >= 15 is 0 Å². The lowest BCUT2D eigenvalue weighted by Gasteiger charge is -2.30. The third-order valence-electron chi connectivity index (χ3n) is 8.25. The lowest BCUT2D eigenvalue weighted by molar-refractivity contribution is 0.202. The van der Waals surface area contributed by atoms with Crippen LogP contribution < -0.4 is 15.0 Å². The van der Waals surface area contributed by atoms with Crippen LogP contribution in [0.4, 0.5) is 34.1 Å². The van der Waals surface area contributed by atoms with Gasteiger partial charge in [0.05, 0.1) is 0 Å². The lowest BCUT2D eigenvalue weighted by atomic mass is 10.1. The first kappa shape index (κ1) is 33.2. The zero-order chi connectivity index (χ0) is 33.0. The average Bonchev–Trinajstić information content (AvgIpc) is 2.97. The highest BCUT2D eigenvalue weighted by atomic mass is 28.4. The topological polar surface area (TPSA) is 24.9 Å². The van der Waals surface area contributed by atoms with Crippen molar-refractivity contribution in [2.24, 2.45) is 0 Å². The van der Waals surface area contributed by atoms with Crippen molar-refractivity contribution in [3.8, 4) is 0 Å². The summed E-state index contributed by atoms with van der Waals surface area (Å²) >= 11 is 0. The molecular formula is C41H48N2O2Si. The molecule has 0 saturated heterocycles. The number of hydrogen-bond acceptors (Lipinski definition) is 4. The first-order valence-electron chi connectivity index (χ1n) is 16.3. The van der Waals surface area contributed by atoms with Gasteiger partial charge in [-0.15, -0.1) is 0 Å². The largest absolute Gasteiger partial charge is 0.391 e. The molecule has 0 heterocycles. The van der Waals surface area contributed by atoms with Gasteiger partial charge < -0.3 is 18.7 Å². The maximum Gasteiger partial charge on any atom is 0.369 e. The second-order valence-corrected chi connectivity index (χ2v) is 15.6. The Bertz CT molecular complexity index is 1680. The van der Waals surface area contributed by atoms with Crippen molar-refractivity contribution in [1.82, 2.24) is 0 Å². The highest BCUT2D eigenvalue weighted by Crippen LogP contribution is 2.40. The summed E-state index contributed by atoms with van der Waals surface area (Å²) < 4.78 is 12.4. The predicted molar refractivity (Wildman–Crippen MR) is 199 cm³/mol. The SMILES string of the molecule is CCO[Si](C)(OCC)c1ccc(N(c2ccc(N(c3cc(C)cc(C)c3)c3cc(C)cc(C)c3)cc2)c2cc(C)cc(C)c2)cc1. The Hall–Kier alpha value is -4.16. The van der Waals surface area contributed by atoms with E-state index in [2.05, 4.69) is 161 Å². The van der Waals surface area contributed by atoms with Gasteiger partial charge in [0.25, 0.3) is 0 Å². The Labute approximate surface area is 277 Å². The molecule has 0 spiro atoms. The third kappa shape index (κ3) is 7.45. The number of aryl methyl sites for hydroxylation is 6. The molecular weight excluding hydrogens is 581 g/mol. The van der Waals surface area contributed by atoms with E-state index in [-0.39, 0.29) is 0 Å². The molecule has 0 aliphatic heterocycles. The maximum atomic E-state index is 6.19. The average molecular weight is 629 g/mol. The quantitative estimate of drug-likeness (QED) is 0.136. The van der Waals surface area contributed by atoms with Gasteiger partial charge in [-0.05, 0) is 173 Å². The molecule has 0 aliphatic carbocycles. The Morgan fingerprint density at radius 1 is 0.413 bits per heavy atom. The van der Waals surface area contributed by atoms with Gasteiger partial charge in [-0.2, -0.15) is 0 Å². The fraction of sp³-hybridized carbons (Fsp3) is 0.268. The van der Waals surface area contributed by atoms with Gasteiger partial charge in [-0.3, -0.25) is 0 Å². The van der Waals surface area contributed by atoms with E-state index in [1.54, 1.807) is 0 Å². The summed E-state index contributed by atoms with van der Waals surface area (Å²) in [6, 6.07) is 38.0. The van der Waals surface area contributed by atoms with Crippen LogP contribution in [-0.2, 0) is 8.85 Å². The van der Waals surface area contributed by atoms with Crippen LogP contribution in [0.5, 0.6) is 0 Å². The third-order valence-corrected chi connectivity index (χ3v) is 11.3. The van der Waals surface area contributed by atoms with Gasteiger partial charge in [-0.1, -0.05) is 30.3 Å². The molecule has 5 heteroatoms. The molecule has 0 unspecified atom stereocenters. The summed E-state index contributed by atoms with van der Waals surface area (Å²) in [6.07, 6.45) is 0. The molecule has 0 radical (unpaired) electrons. The van der Waals surface area contributed by atoms with E-state index < -0.39 is 8.56 Å². The van der Waals surface area contributed by atoms with E-state index in [4.69, 9.17) is 8.85 Å². The first-order valence-corrected chi connectivity index (χ1v) is 18.6. The second-order valence-electron chi connectivity index (χ2n) is 12.6. The van der Waals surface area contributed by atoms with Crippen LogP contribution in [-0.4, -0.2) is 21.8 Å². The number of hydrogen-bond donors (Lipinski definition) is 0. The molecule has 0 aromatic heterocycles. The van der Waals surface area contributed by atoms with Gasteiger partial charge in [0.1, 0.15) is 0 Å². The molecule has 5 aromatic rings. The van der Waals surface area contributed by atoms with Crippen molar-refractivity contribution in [1.29, 1.82) is 0 Å². The Balaban J connectivity index is 1.61. The minimum Gasteiger partial charge on any atom is -0.391 e. The van der Waals surface area contributed by atoms with Crippen LogP contribution in [0.3, 0.4) is 0 Å². The molecule has 0 aliphatic rings. The standard InChI is InChI=1S/C41H48N2O2Si/c1-10-44-46(9,45-11-2)41-18-16-37(17-19-41)42(38-23-29(3)20-30(4)24-38)35-12-14-36(15-13-35)43(39-25-31(5)21-32(6)26-39)40-27-33(7)22-34(8)28-40/h12-28H,10-11H2,1-9H3. The molecule has 4 nitrogen and oxygen atoms in total. The Kier molecular flexibility index (Phi) is 10.2. The van der Waals surface area contributed by atoms with E-state index in [0.29, 0.717) is 13.2 Å². The van der Waals surface area contributed by atoms with Crippen molar-refractivity contribution in [3.63, 3.8) is 0 Å². The van der Waals surface area contributed by atoms with Crippen LogP contribution in [0.1, 0.15) is 47.2 Å². The van der Waals surface area contributed by atoms with Crippen molar-refractivity contribution in [2.75, 3.05) is 23.0 Å². The second kappa shape index (κ2) is 14.1. The number of benzene rings is 5. The number of rotatable bonds is 11. The van der Waals surface area contributed by atoms with Crippen LogP contribution in [0.2, 0.25) is 6.55 Å². The van der Waals surface area contributed by atoms with Crippen molar-refractivity contribution < 1.29 is 8.85 Å². The van der Waals surface area contributed by atoms with Crippen LogP contribution >= 0.6 is 0 Å². The molecule has 0 saturated carbocycles. The van der Waals surface area contributed by atoms with Crippen molar-refractivity contribution in [2.45, 2.75) is 61.9 Å². The minimum atomic E-state index is -2.48. The maximum absolute atomic E-state index is 6.19. The monoisotopic (exact) mass is 628 g/mol. The fourth-order valence-electron chi connectivity index (χ4n) is 6.56. The van der Waals surface area contributed by atoms with Crippen LogP contribution in [0.15, 0.2) is 103 Å². The van der Waals surface area contributed by atoms with Gasteiger partial charge in [-0.25, -0.2) is 0 Å². The summed E-state index contributed by atoms with van der Waals surface area (Å²) in [5.41, 5.74) is 14.2. The molecule has 0 bridgehead atoms. The molecule has 5 rings (SSSR count). The molecule has 238 valence electrons. The molecule has 0 N–H and O–H groups in total. The number of nitrogens with zero attached hydrogens (tertiary/aromatic N) is 2. The Morgan fingerprint density at radius 3 is 0.957 bits per heavy atom. The Morgan fingerprint density at radius 2 is 0.674 bits per heavy atom. The zero-order valence-corrected chi connectivity index (χ0v) is 29.9. The molecule has 0 amide bonds. The van der Waals surface area contributed by atoms with E-state index in [1.807, 2.05) is 13.8 Å². The summed E-state index contributed by atoms with van der Waals surface area (Å²) in [7, 11) is -2.48. The smallest absolute Gasteiger partial charge is 0.369 e.